The molecule has 0 aliphatic heterocycles. The standard InChI is InChI=1S/C21H21FN2O4S/c1-29-12-11-17(21(27)28)23-20(26)18(13-14-7-9-16(22)10-8-14)24-19(25)15-5-3-2-4-6-15/h2-10,13,17H,11-12H2,1H3,(H,23,26)(H,24,25)(H,27,28)/b18-13-/t17-/m0/s1. The topological polar surface area (TPSA) is 95.5 Å². The minimum Gasteiger partial charge on any atom is -0.480 e. The number of nitrogens with one attached hydrogen (secondary N) is 2. The van der Waals surface area contributed by atoms with E-state index in [1.165, 1.54) is 42.1 Å². The first-order chi connectivity index (χ1) is 13.9. The molecule has 0 radical (unpaired) electrons. The van der Waals surface area contributed by atoms with E-state index in [4.69, 9.17) is 0 Å². The van der Waals surface area contributed by atoms with Gasteiger partial charge in [0.2, 0.25) is 0 Å². The van der Waals surface area contributed by atoms with Gasteiger partial charge in [0.25, 0.3) is 11.8 Å². The lowest BCUT2D eigenvalue weighted by molar-refractivity contribution is -0.141. The van der Waals surface area contributed by atoms with Gasteiger partial charge in [0, 0.05) is 5.56 Å². The van der Waals surface area contributed by atoms with Crippen LogP contribution < -0.4 is 10.6 Å². The molecular formula is C21H21FN2O4S. The molecule has 3 N–H and O–H groups in total. The van der Waals surface area contributed by atoms with Crippen molar-refractivity contribution in [2.75, 3.05) is 12.0 Å². The molecule has 2 aromatic carbocycles. The van der Waals surface area contributed by atoms with Crippen LogP contribution in [0.4, 0.5) is 4.39 Å². The molecule has 0 bridgehead atoms. The third-order valence-electron chi connectivity index (χ3n) is 3.92. The Morgan fingerprint density at radius 1 is 1.10 bits per heavy atom. The summed E-state index contributed by atoms with van der Waals surface area (Å²) in [6.45, 7) is 0. The average molecular weight is 416 g/mol. The number of thioether (sulfide) groups is 1. The Morgan fingerprint density at radius 2 is 1.76 bits per heavy atom. The van der Waals surface area contributed by atoms with Crippen molar-refractivity contribution in [1.29, 1.82) is 0 Å². The fraction of sp³-hybridized carbons (Fsp3) is 0.190. The number of carbonyl (C=O) groups excluding carboxylic acids is 2. The van der Waals surface area contributed by atoms with Crippen LogP contribution in [0, 0.1) is 5.82 Å². The largest absolute Gasteiger partial charge is 0.480 e. The maximum absolute atomic E-state index is 13.2. The average Bonchev–Trinajstić information content (AvgIpc) is 2.72. The fourth-order valence-electron chi connectivity index (χ4n) is 2.40. The number of hydrogen-bond donors (Lipinski definition) is 3. The lowest BCUT2D eigenvalue weighted by atomic mass is 10.1. The molecule has 2 rings (SSSR count). The van der Waals surface area contributed by atoms with Crippen LogP contribution in [-0.4, -0.2) is 40.9 Å². The fourth-order valence-corrected chi connectivity index (χ4v) is 2.87. The van der Waals surface area contributed by atoms with Crippen molar-refractivity contribution in [3.8, 4) is 0 Å². The van der Waals surface area contributed by atoms with Crippen LogP contribution in [0.1, 0.15) is 22.3 Å². The number of hydrogen-bond acceptors (Lipinski definition) is 4. The van der Waals surface area contributed by atoms with Crippen molar-refractivity contribution in [3.63, 3.8) is 0 Å². The number of carboxylic acids is 1. The van der Waals surface area contributed by atoms with Crippen molar-refractivity contribution in [2.24, 2.45) is 0 Å². The van der Waals surface area contributed by atoms with E-state index in [0.717, 1.165) is 0 Å². The van der Waals surface area contributed by atoms with Gasteiger partial charge in [0.15, 0.2) is 0 Å². The molecule has 2 aromatic rings. The number of amides is 2. The molecule has 0 saturated carbocycles. The van der Waals surface area contributed by atoms with Crippen LogP contribution in [0.3, 0.4) is 0 Å². The van der Waals surface area contributed by atoms with Crippen molar-refractivity contribution in [2.45, 2.75) is 12.5 Å². The summed E-state index contributed by atoms with van der Waals surface area (Å²) in [5, 5.41) is 14.3. The third kappa shape index (κ3) is 7.08. The van der Waals surface area contributed by atoms with Crippen LogP contribution in [0.5, 0.6) is 0 Å². The van der Waals surface area contributed by atoms with Crippen molar-refractivity contribution in [3.05, 3.63) is 77.2 Å². The summed E-state index contributed by atoms with van der Waals surface area (Å²) in [4.78, 5) is 36.6. The van der Waals surface area contributed by atoms with Gasteiger partial charge in [-0.15, -0.1) is 0 Å². The second-order valence-electron chi connectivity index (χ2n) is 6.08. The summed E-state index contributed by atoms with van der Waals surface area (Å²) in [5.74, 6) is -2.32. The normalized spacial score (nSPS) is 12.1. The molecular weight excluding hydrogens is 395 g/mol. The highest BCUT2D eigenvalue weighted by molar-refractivity contribution is 7.98. The first-order valence-electron chi connectivity index (χ1n) is 8.77. The maximum atomic E-state index is 13.2. The molecule has 8 heteroatoms. The molecule has 0 aliphatic rings. The van der Waals surface area contributed by atoms with Crippen LogP contribution in [-0.2, 0) is 9.59 Å². The number of rotatable bonds is 9. The van der Waals surface area contributed by atoms with Gasteiger partial charge in [-0.3, -0.25) is 9.59 Å². The van der Waals surface area contributed by atoms with E-state index in [2.05, 4.69) is 10.6 Å². The van der Waals surface area contributed by atoms with E-state index in [0.29, 0.717) is 16.9 Å². The molecule has 0 fully saturated rings. The highest BCUT2D eigenvalue weighted by atomic mass is 32.2. The Bertz CT molecular complexity index is 885. The van der Waals surface area contributed by atoms with Crippen molar-refractivity contribution < 1.29 is 23.9 Å². The van der Waals surface area contributed by atoms with Gasteiger partial charge in [-0.2, -0.15) is 11.8 Å². The van der Waals surface area contributed by atoms with Gasteiger partial charge in [0.05, 0.1) is 0 Å². The SMILES string of the molecule is CSCC[C@H](NC(=O)/C(=C/c1ccc(F)cc1)NC(=O)c1ccccc1)C(=O)O. The smallest absolute Gasteiger partial charge is 0.326 e. The molecule has 0 heterocycles. The van der Waals surface area contributed by atoms with Gasteiger partial charge in [-0.1, -0.05) is 30.3 Å². The minimum absolute atomic E-state index is 0.138. The summed E-state index contributed by atoms with van der Waals surface area (Å²) in [7, 11) is 0. The van der Waals surface area contributed by atoms with Crippen molar-refractivity contribution >= 4 is 35.6 Å². The Morgan fingerprint density at radius 3 is 2.34 bits per heavy atom. The summed E-state index contributed by atoms with van der Waals surface area (Å²) in [6, 6.07) is 12.5. The predicted molar refractivity (Wildman–Crippen MR) is 111 cm³/mol. The third-order valence-corrected chi connectivity index (χ3v) is 4.57. The number of halogens is 1. The predicted octanol–water partition coefficient (Wildman–Crippen LogP) is 2.92. The Balaban J connectivity index is 2.27. The molecule has 0 aromatic heterocycles. The van der Waals surface area contributed by atoms with Gasteiger partial charge in [0.1, 0.15) is 17.6 Å². The van der Waals surface area contributed by atoms with E-state index in [9.17, 15) is 23.9 Å². The zero-order valence-corrected chi connectivity index (χ0v) is 16.5. The van der Waals surface area contributed by atoms with E-state index < -0.39 is 29.6 Å². The molecule has 0 saturated heterocycles. The molecule has 0 aliphatic carbocycles. The molecule has 1 atom stereocenters. The van der Waals surface area contributed by atoms with Gasteiger partial charge in [-0.25, -0.2) is 9.18 Å². The quantitative estimate of drug-likeness (QED) is 0.547. The Kier molecular flexibility index (Phi) is 8.42. The summed E-state index contributed by atoms with van der Waals surface area (Å²) >= 11 is 1.46. The lowest BCUT2D eigenvalue weighted by Crippen LogP contribution is -2.44. The van der Waals surface area contributed by atoms with Gasteiger partial charge < -0.3 is 15.7 Å². The monoisotopic (exact) mass is 416 g/mol. The van der Waals surface area contributed by atoms with E-state index in [1.807, 2.05) is 6.26 Å². The first-order valence-corrected chi connectivity index (χ1v) is 10.2. The second kappa shape index (κ2) is 11.0. The molecule has 29 heavy (non-hydrogen) atoms. The summed E-state index contributed by atoms with van der Waals surface area (Å²) in [6.07, 6.45) is 3.43. The Hall–Kier alpha value is -3.13. The van der Waals surface area contributed by atoms with Crippen LogP contribution >= 0.6 is 11.8 Å². The molecule has 0 spiro atoms. The Labute approximate surface area is 172 Å². The number of carbonyl (C=O) groups is 3. The van der Waals surface area contributed by atoms with Gasteiger partial charge >= 0.3 is 5.97 Å². The zero-order chi connectivity index (χ0) is 21.2. The lowest BCUT2D eigenvalue weighted by Gasteiger charge is -2.16. The van der Waals surface area contributed by atoms with Crippen molar-refractivity contribution in [1.82, 2.24) is 10.6 Å². The molecule has 152 valence electrons. The highest BCUT2D eigenvalue weighted by Gasteiger charge is 2.22. The van der Waals surface area contributed by atoms with E-state index in [1.54, 1.807) is 30.3 Å². The second-order valence-corrected chi connectivity index (χ2v) is 7.06. The summed E-state index contributed by atoms with van der Waals surface area (Å²) in [5.41, 5.74) is 0.671. The minimum atomic E-state index is -1.16. The van der Waals surface area contributed by atoms with Gasteiger partial charge in [-0.05, 0) is 54.3 Å². The van der Waals surface area contributed by atoms with Crippen LogP contribution in [0.25, 0.3) is 6.08 Å². The number of carboxylic acid groups (broad SMARTS) is 1. The zero-order valence-electron chi connectivity index (χ0n) is 15.7. The van der Waals surface area contributed by atoms with E-state index >= 15 is 0 Å². The summed E-state index contributed by atoms with van der Waals surface area (Å²) < 4.78 is 13.2. The highest BCUT2D eigenvalue weighted by Crippen LogP contribution is 2.10. The van der Waals surface area contributed by atoms with Crippen LogP contribution in [0.15, 0.2) is 60.3 Å². The number of aliphatic carboxylic acids is 1. The van der Waals surface area contributed by atoms with E-state index in [-0.39, 0.29) is 12.1 Å². The molecule has 6 nitrogen and oxygen atoms in total. The maximum Gasteiger partial charge on any atom is 0.326 e. The molecule has 2 amide bonds. The van der Waals surface area contributed by atoms with Crippen LogP contribution in [0.2, 0.25) is 0 Å². The molecule has 0 unspecified atom stereocenters. The first kappa shape index (κ1) is 22.2. The number of benzene rings is 2.